The summed E-state index contributed by atoms with van der Waals surface area (Å²) in [6, 6.07) is 0. The fraction of sp³-hybridized carbons (Fsp3) is 0.941. The highest BCUT2D eigenvalue weighted by Crippen LogP contribution is 2.39. The Labute approximate surface area is 124 Å². The SMILES string of the molecule is CN(CC1CCCCC1)CC1C(=O)C(C)(C)OC1(C)C. The summed E-state index contributed by atoms with van der Waals surface area (Å²) in [6.07, 6.45) is 6.87. The van der Waals surface area contributed by atoms with Crippen LogP contribution in [-0.2, 0) is 9.53 Å². The molecular weight excluding hydrogens is 250 g/mol. The van der Waals surface area contributed by atoms with Crippen molar-refractivity contribution >= 4 is 5.78 Å². The monoisotopic (exact) mass is 281 g/mol. The van der Waals surface area contributed by atoms with Crippen molar-refractivity contribution < 1.29 is 9.53 Å². The summed E-state index contributed by atoms with van der Waals surface area (Å²) in [5.41, 5.74) is -0.971. The molecule has 1 saturated heterocycles. The second-order valence-corrected chi connectivity index (χ2v) is 7.86. The normalized spacial score (nSPS) is 30.1. The third-order valence-electron chi connectivity index (χ3n) is 5.06. The van der Waals surface area contributed by atoms with Crippen LogP contribution in [0.4, 0.5) is 0 Å². The molecule has 3 nitrogen and oxygen atoms in total. The average Bonchev–Trinajstić information content (AvgIpc) is 2.49. The number of Topliss-reactive ketones (excluding diaryl/α,β-unsaturated/α-hetero) is 1. The van der Waals surface area contributed by atoms with E-state index in [1.54, 1.807) is 0 Å². The molecule has 0 spiro atoms. The molecular formula is C17H31NO2. The number of hydrogen-bond acceptors (Lipinski definition) is 3. The van der Waals surface area contributed by atoms with Crippen molar-refractivity contribution in [3.8, 4) is 0 Å². The zero-order valence-corrected chi connectivity index (χ0v) is 13.9. The van der Waals surface area contributed by atoms with Gasteiger partial charge in [0.15, 0.2) is 5.78 Å². The smallest absolute Gasteiger partial charge is 0.171 e. The summed E-state index contributed by atoms with van der Waals surface area (Å²) in [6.45, 7) is 9.86. The average molecular weight is 281 g/mol. The van der Waals surface area contributed by atoms with Gasteiger partial charge in [-0.2, -0.15) is 0 Å². The van der Waals surface area contributed by atoms with Crippen LogP contribution in [-0.4, -0.2) is 42.0 Å². The van der Waals surface area contributed by atoms with Crippen LogP contribution in [0.2, 0.25) is 0 Å². The van der Waals surface area contributed by atoms with Gasteiger partial charge >= 0.3 is 0 Å². The van der Waals surface area contributed by atoms with E-state index in [4.69, 9.17) is 4.74 Å². The topological polar surface area (TPSA) is 29.5 Å². The maximum atomic E-state index is 12.5. The Morgan fingerprint density at radius 1 is 1.10 bits per heavy atom. The van der Waals surface area contributed by atoms with E-state index in [0.29, 0.717) is 0 Å². The molecule has 0 aromatic heterocycles. The lowest BCUT2D eigenvalue weighted by molar-refractivity contribution is -0.132. The number of ketones is 1. The van der Waals surface area contributed by atoms with Crippen LogP contribution in [0.1, 0.15) is 59.8 Å². The van der Waals surface area contributed by atoms with Crippen molar-refractivity contribution in [1.29, 1.82) is 0 Å². The molecule has 1 heterocycles. The van der Waals surface area contributed by atoms with E-state index in [2.05, 4.69) is 25.8 Å². The number of hydrogen-bond donors (Lipinski definition) is 0. The van der Waals surface area contributed by atoms with Crippen molar-refractivity contribution in [2.75, 3.05) is 20.1 Å². The summed E-state index contributed by atoms with van der Waals surface area (Å²) in [7, 11) is 2.16. The molecule has 1 aliphatic carbocycles. The highest BCUT2D eigenvalue weighted by molar-refractivity contribution is 5.91. The highest BCUT2D eigenvalue weighted by Gasteiger charge is 2.53. The van der Waals surface area contributed by atoms with E-state index < -0.39 is 5.60 Å². The van der Waals surface area contributed by atoms with Gasteiger partial charge in [-0.1, -0.05) is 19.3 Å². The molecule has 0 radical (unpaired) electrons. The Bertz CT molecular complexity index is 356. The van der Waals surface area contributed by atoms with Gasteiger partial charge in [0.25, 0.3) is 0 Å². The van der Waals surface area contributed by atoms with Gasteiger partial charge in [-0.3, -0.25) is 4.79 Å². The Morgan fingerprint density at radius 2 is 1.70 bits per heavy atom. The Kier molecular flexibility index (Phi) is 4.60. The molecule has 2 aliphatic rings. The summed E-state index contributed by atoms with van der Waals surface area (Å²) in [4.78, 5) is 14.9. The molecule has 0 aromatic rings. The van der Waals surface area contributed by atoms with Crippen molar-refractivity contribution in [2.24, 2.45) is 11.8 Å². The van der Waals surface area contributed by atoms with Gasteiger partial charge in [0.2, 0.25) is 0 Å². The van der Waals surface area contributed by atoms with E-state index in [-0.39, 0.29) is 17.3 Å². The summed E-state index contributed by atoms with van der Waals surface area (Å²) in [5.74, 6) is 1.08. The van der Waals surface area contributed by atoms with Crippen LogP contribution < -0.4 is 0 Å². The molecule has 0 N–H and O–H groups in total. The van der Waals surface area contributed by atoms with Crippen molar-refractivity contribution in [3.05, 3.63) is 0 Å². The fourth-order valence-electron chi connectivity index (χ4n) is 4.01. The zero-order chi connectivity index (χ0) is 15.0. The van der Waals surface area contributed by atoms with Gasteiger partial charge in [-0.25, -0.2) is 0 Å². The Balaban J connectivity index is 1.92. The third kappa shape index (κ3) is 3.43. The maximum Gasteiger partial charge on any atom is 0.171 e. The summed E-state index contributed by atoms with van der Waals surface area (Å²) < 4.78 is 5.98. The number of nitrogens with zero attached hydrogens (tertiary/aromatic N) is 1. The first-order chi connectivity index (χ1) is 9.22. The molecule has 0 aromatic carbocycles. The van der Waals surface area contributed by atoms with E-state index in [1.807, 2.05) is 13.8 Å². The second kappa shape index (κ2) is 5.76. The van der Waals surface area contributed by atoms with Crippen molar-refractivity contribution in [2.45, 2.75) is 71.0 Å². The number of carbonyl (C=O) groups is 1. The molecule has 1 aliphatic heterocycles. The highest BCUT2D eigenvalue weighted by atomic mass is 16.5. The Hall–Kier alpha value is -0.410. The van der Waals surface area contributed by atoms with E-state index in [9.17, 15) is 4.79 Å². The van der Waals surface area contributed by atoms with Crippen LogP contribution in [0.5, 0.6) is 0 Å². The number of rotatable bonds is 4. The van der Waals surface area contributed by atoms with Gasteiger partial charge in [-0.05, 0) is 53.5 Å². The van der Waals surface area contributed by atoms with Gasteiger partial charge < -0.3 is 9.64 Å². The van der Waals surface area contributed by atoms with Gasteiger partial charge in [0, 0.05) is 13.1 Å². The Morgan fingerprint density at radius 3 is 2.20 bits per heavy atom. The first kappa shape index (κ1) is 16.0. The van der Waals surface area contributed by atoms with Crippen molar-refractivity contribution in [3.63, 3.8) is 0 Å². The molecule has 116 valence electrons. The number of carbonyl (C=O) groups excluding carboxylic acids is 1. The maximum absolute atomic E-state index is 12.5. The summed E-state index contributed by atoms with van der Waals surface area (Å²) in [5, 5.41) is 0. The molecule has 1 atom stereocenters. The van der Waals surface area contributed by atoms with E-state index >= 15 is 0 Å². The zero-order valence-electron chi connectivity index (χ0n) is 13.9. The molecule has 2 rings (SSSR count). The predicted octanol–water partition coefficient (Wildman–Crippen LogP) is 3.27. The molecule has 3 heteroatoms. The molecule has 0 bridgehead atoms. The van der Waals surface area contributed by atoms with Gasteiger partial charge in [0.05, 0.1) is 11.5 Å². The van der Waals surface area contributed by atoms with Gasteiger partial charge in [-0.15, -0.1) is 0 Å². The fourth-order valence-corrected chi connectivity index (χ4v) is 4.01. The van der Waals surface area contributed by atoms with E-state index in [1.165, 1.54) is 32.1 Å². The standard InChI is InChI=1S/C17H31NO2/c1-16(2)14(15(19)17(3,4)20-16)12-18(5)11-13-9-7-6-8-10-13/h13-14H,6-12H2,1-5H3. The first-order valence-corrected chi connectivity index (χ1v) is 8.15. The molecule has 1 unspecified atom stereocenters. The van der Waals surface area contributed by atoms with Crippen molar-refractivity contribution in [1.82, 2.24) is 4.90 Å². The van der Waals surface area contributed by atoms with Crippen LogP contribution >= 0.6 is 0 Å². The van der Waals surface area contributed by atoms with Crippen LogP contribution in [0.15, 0.2) is 0 Å². The van der Waals surface area contributed by atoms with E-state index in [0.717, 1.165) is 19.0 Å². The van der Waals surface area contributed by atoms with Crippen LogP contribution in [0.25, 0.3) is 0 Å². The minimum atomic E-state index is -0.625. The minimum absolute atomic E-state index is 0.00825. The lowest BCUT2D eigenvalue weighted by Gasteiger charge is -2.31. The lowest BCUT2D eigenvalue weighted by Crippen LogP contribution is -2.41. The first-order valence-electron chi connectivity index (χ1n) is 8.15. The number of ether oxygens (including phenoxy) is 1. The quantitative estimate of drug-likeness (QED) is 0.792. The van der Waals surface area contributed by atoms with Crippen LogP contribution in [0.3, 0.4) is 0 Å². The third-order valence-corrected chi connectivity index (χ3v) is 5.06. The van der Waals surface area contributed by atoms with Gasteiger partial charge in [0.1, 0.15) is 5.60 Å². The molecule has 20 heavy (non-hydrogen) atoms. The predicted molar refractivity (Wildman–Crippen MR) is 81.8 cm³/mol. The summed E-state index contributed by atoms with van der Waals surface area (Å²) >= 11 is 0. The van der Waals surface area contributed by atoms with Crippen LogP contribution in [0, 0.1) is 11.8 Å². The second-order valence-electron chi connectivity index (χ2n) is 7.86. The molecule has 1 saturated carbocycles. The molecule has 2 fully saturated rings. The lowest BCUT2D eigenvalue weighted by atomic mass is 9.85. The largest absolute Gasteiger partial charge is 0.361 e. The molecule has 0 amide bonds. The minimum Gasteiger partial charge on any atom is -0.361 e.